The third-order valence-corrected chi connectivity index (χ3v) is 2.34. The Balaban J connectivity index is 2.44. The van der Waals surface area contributed by atoms with E-state index >= 15 is 0 Å². The van der Waals surface area contributed by atoms with Gasteiger partial charge in [-0.05, 0) is 17.5 Å². The molecule has 0 atom stereocenters. The summed E-state index contributed by atoms with van der Waals surface area (Å²) in [7, 11) is 0. The molecule has 0 aromatic heterocycles. The molecule has 0 saturated heterocycles. The van der Waals surface area contributed by atoms with Gasteiger partial charge in [-0.1, -0.05) is 20.8 Å². The maximum absolute atomic E-state index is 12.9. The number of rotatable bonds is 4. The first kappa shape index (κ1) is 16.1. The van der Waals surface area contributed by atoms with Gasteiger partial charge in [-0.2, -0.15) is 0 Å². The molecule has 2 N–H and O–H groups in total. The van der Waals surface area contributed by atoms with Gasteiger partial charge in [0.15, 0.2) is 11.6 Å². The summed E-state index contributed by atoms with van der Waals surface area (Å²) < 4.78 is 25.6. The minimum atomic E-state index is -1.04. The van der Waals surface area contributed by atoms with Crippen molar-refractivity contribution in [1.82, 2.24) is 5.32 Å². The van der Waals surface area contributed by atoms with Crippen molar-refractivity contribution in [3.05, 3.63) is 29.8 Å². The lowest BCUT2D eigenvalue weighted by Crippen LogP contribution is -2.34. The van der Waals surface area contributed by atoms with Gasteiger partial charge in [0, 0.05) is 18.2 Å². The lowest BCUT2D eigenvalue weighted by Gasteiger charge is -2.17. The molecule has 0 saturated carbocycles. The zero-order chi connectivity index (χ0) is 15.3. The van der Waals surface area contributed by atoms with E-state index in [1.165, 1.54) is 6.07 Å². The highest BCUT2D eigenvalue weighted by atomic mass is 19.2. The molecule has 0 radical (unpaired) electrons. The van der Waals surface area contributed by atoms with E-state index < -0.39 is 17.5 Å². The molecule has 4 nitrogen and oxygen atoms in total. The Morgan fingerprint density at radius 3 is 2.30 bits per heavy atom. The Bertz CT molecular complexity index is 510. The molecule has 0 aliphatic rings. The fraction of sp³-hybridized carbons (Fsp3) is 0.429. The highest BCUT2D eigenvalue weighted by Gasteiger charge is 2.16. The fourth-order valence-electron chi connectivity index (χ4n) is 1.50. The van der Waals surface area contributed by atoms with Gasteiger partial charge in [-0.25, -0.2) is 8.78 Å². The monoisotopic (exact) mass is 284 g/mol. The van der Waals surface area contributed by atoms with E-state index in [0.29, 0.717) is 6.42 Å². The number of benzene rings is 1. The summed E-state index contributed by atoms with van der Waals surface area (Å²) in [6.07, 6.45) is 0.297. The largest absolute Gasteiger partial charge is 0.347 e. The highest BCUT2D eigenvalue weighted by Crippen LogP contribution is 2.17. The van der Waals surface area contributed by atoms with E-state index in [1.807, 2.05) is 20.8 Å². The molecular formula is C14H18F2N2O2. The molecule has 2 amide bonds. The van der Waals surface area contributed by atoms with Crippen LogP contribution in [0.5, 0.6) is 0 Å². The van der Waals surface area contributed by atoms with Crippen molar-refractivity contribution >= 4 is 17.5 Å². The highest BCUT2D eigenvalue weighted by molar-refractivity contribution is 5.94. The molecule has 6 heteroatoms. The predicted octanol–water partition coefficient (Wildman–Crippen LogP) is 2.46. The quantitative estimate of drug-likeness (QED) is 0.892. The Morgan fingerprint density at radius 2 is 1.75 bits per heavy atom. The SMILES string of the molecule is CC(C)(C)CC(=O)NCC(=O)Nc1ccc(F)c(F)c1. The minimum Gasteiger partial charge on any atom is -0.347 e. The summed E-state index contributed by atoms with van der Waals surface area (Å²) in [6, 6.07) is 3.04. The first-order chi connectivity index (χ1) is 9.17. The van der Waals surface area contributed by atoms with Crippen LogP contribution in [0.4, 0.5) is 14.5 Å². The van der Waals surface area contributed by atoms with Gasteiger partial charge in [0.25, 0.3) is 0 Å². The van der Waals surface area contributed by atoms with Crippen LogP contribution in [0.3, 0.4) is 0 Å². The number of hydrogen-bond donors (Lipinski definition) is 2. The number of halogens is 2. The number of amides is 2. The number of nitrogens with one attached hydrogen (secondary N) is 2. The van der Waals surface area contributed by atoms with Gasteiger partial charge in [0.05, 0.1) is 6.54 Å². The Morgan fingerprint density at radius 1 is 1.10 bits per heavy atom. The summed E-state index contributed by atoms with van der Waals surface area (Å²) in [5.41, 5.74) is -0.0281. The molecule has 0 spiro atoms. The average molecular weight is 284 g/mol. The molecule has 0 fully saturated rings. The normalized spacial score (nSPS) is 11.1. The average Bonchev–Trinajstić information content (AvgIpc) is 2.29. The molecule has 1 rings (SSSR count). The Kier molecular flexibility index (Phi) is 5.19. The van der Waals surface area contributed by atoms with Crippen molar-refractivity contribution in [2.45, 2.75) is 27.2 Å². The second kappa shape index (κ2) is 6.45. The van der Waals surface area contributed by atoms with E-state index in [9.17, 15) is 18.4 Å². The van der Waals surface area contributed by atoms with Crippen LogP contribution in [0, 0.1) is 17.0 Å². The number of anilines is 1. The molecule has 0 heterocycles. The van der Waals surface area contributed by atoms with E-state index in [2.05, 4.69) is 10.6 Å². The van der Waals surface area contributed by atoms with Gasteiger partial charge in [-0.15, -0.1) is 0 Å². The summed E-state index contributed by atoms with van der Waals surface area (Å²) in [4.78, 5) is 23.1. The van der Waals surface area contributed by atoms with Crippen LogP contribution in [-0.2, 0) is 9.59 Å². The van der Waals surface area contributed by atoms with Gasteiger partial charge >= 0.3 is 0 Å². The molecular weight excluding hydrogens is 266 g/mol. The van der Waals surface area contributed by atoms with Crippen molar-refractivity contribution in [1.29, 1.82) is 0 Å². The van der Waals surface area contributed by atoms with Crippen LogP contribution >= 0.6 is 0 Å². The Labute approximate surface area is 116 Å². The van der Waals surface area contributed by atoms with Crippen LogP contribution in [-0.4, -0.2) is 18.4 Å². The molecule has 110 valence electrons. The molecule has 0 bridgehead atoms. The summed E-state index contributed by atoms with van der Waals surface area (Å²) in [5.74, 6) is -2.77. The van der Waals surface area contributed by atoms with Crippen molar-refractivity contribution in [3.8, 4) is 0 Å². The molecule has 0 unspecified atom stereocenters. The van der Waals surface area contributed by atoms with Crippen LogP contribution in [0.25, 0.3) is 0 Å². The number of carbonyl (C=O) groups is 2. The minimum absolute atomic E-state index is 0.138. The second-order valence-electron chi connectivity index (χ2n) is 5.69. The van der Waals surface area contributed by atoms with E-state index in [-0.39, 0.29) is 23.6 Å². The van der Waals surface area contributed by atoms with Crippen LogP contribution in [0.15, 0.2) is 18.2 Å². The van der Waals surface area contributed by atoms with Gasteiger partial charge in [0.1, 0.15) is 0 Å². The van der Waals surface area contributed by atoms with Gasteiger partial charge in [-0.3, -0.25) is 9.59 Å². The third kappa shape index (κ3) is 5.77. The fourth-order valence-corrected chi connectivity index (χ4v) is 1.50. The topological polar surface area (TPSA) is 58.2 Å². The number of carbonyl (C=O) groups excluding carboxylic acids is 2. The van der Waals surface area contributed by atoms with Gasteiger partial charge in [0.2, 0.25) is 11.8 Å². The first-order valence-electron chi connectivity index (χ1n) is 6.19. The van der Waals surface area contributed by atoms with Crippen molar-refractivity contribution in [3.63, 3.8) is 0 Å². The lowest BCUT2D eigenvalue weighted by atomic mass is 9.92. The zero-order valence-electron chi connectivity index (χ0n) is 11.7. The summed E-state index contributed by atoms with van der Waals surface area (Å²) in [5, 5.41) is 4.83. The smallest absolute Gasteiger partial charge is 0.243 e. The zero-order valence-corrected chi connectivity index (χ0v) is 11.7. The van der Waals surface area contributed by atoms with E-state index in [0.717, 1.165) is 12.1 Å². The summed E-state index contributed by atoms with van der Waals surface area (Å²) in [6.45, 7) is 5.52. The van der Waals surface area contributed by atoms with Crippen LogP contribution in [0.2, 0.25) is 0 Å². The van der Waals surface area contributed by atoms with Crippen LogP contribution in [0.1, 0.15) is 27.2 Å². The lowest BCUT2D eigenvalue weighted by molar-refractivity contribution is -0.125. The number of hydrogen-bond acceptors (Lipinski definition) is 2. The van der Waals surface area contributed by atoms with Crippen molar-refractivity contribution in [2.24, 2.45) is 5.41 Å². The standard InChI is InChI=1S/C14H18F2N2O2/c1-14(2,3)7-12(19)17-8-13(20)18-9-4-5-10(15)11(16)6-9/h4-6H,7-8H2,1-3H3,(H,17,19)(H,18,20). The molecule has 20 heavy (non-hydrogen) atoms. The third-order valence-electron chi connectivity index (χ3n) is 2.34. The van der Waals surface area contributed by atoms with E-state index in [1.54, 1.807) is 0 Å². The Hall–Kier alpha value is -1.98. The van der Waals surface area contributed by atoms with E-state index in [4.69, 9.17) is 0 Å². The molecule has 1 aromatic rings. The van der Waals surface area contributed by atoms with Crippen LogP contribution < -0.4 is 10.6 Å². The van der Waals surface area contributed by atoms with Gasteiger partial charge < -0.3 is 10.6 Å². The molecule has 1 aromatic carbocycles. The first-order valence-corrected chi connectivity index (χ1v) is 6.19. The maximum Gasteiger partial charge on any atom is 0.243 e. The maximum atomic E-state index is 12.9. The predicted molar refractivity (Wildman–Crippen MR) is 72.1 cm³/mol. The summed E-state index contributed by atoms with van der Waals surface area (Å²) >= 11 is 0. The van der Waals surface area contributed by atoms with Crippen molar-refractivity contribution in [2.75, 3.05) is 11.9 Å². The van der Waals surface area contributed by atoms with Crippen molar-refractivity contribution < 1.29 is 18.4 Å². The second-order valence-corrected chi connectivity index (χ2v) is 5.69. The molecule has 0 aliphatic heterocycles. The molecule has 0 aliphatic carbocycles.